The van der Waals surface area contributed by atoms with E-state index in [4.69, 9.17) is 4.74 Å². The van der Waals surface area contributed by atoms with Crippen molar-refractivity contribution in [2.45, 2.75) is 71.1 Å². The summed E-state index contributed by atoms with van der Waals surface area (Å²) in [6.45, 7) is 2.08. The highest BCUT2D eigenvalue weighted by molar-refractivity contribution is 5.92. The van der Waals surface area contributed by atoms with Crippen LogP contribution in [0.25, 0.3) is 0 Å². The highest BCUT2D eigenvalue weighted by Gasteiger charge is 2.15. The maximum atomic E-state index is 12.2. The Morgan fingerprint density at radius 1 is 1.00 bits per heavy atom. The summed E-state index contributed by atoms with van der Waals surface area (Å²) in [4.78, 5) is 12.2. The molecule has 148 valence electrons. The molecule has 27 heavy (non-hydrogen) atoms. The first-order valence-electron chi connectivity index (χ1n) is 10.1. The molecule has 2 rings (SSSR count). The van der Waals surface area contributed by atoms with E-state index in [2.05, 4.69) is 30.5 Å². The fourth-order valence-electron chi connectivity index (χ4n) is 3.38. The van der Waals surface area contributed by atoms with Crippen molar-refractivity contribution in [2.75, 3.05) is 12.4 Å². The van der Waals surface area contributed by atoms with E-state index in [-0.39, 0.29) is 11.7 Å². The molecule has 2 N–H and O–H groups in total. The van der Waals surface area contributed by atoms with Gasteiger partial charge in [-0.3, -0.25) is 4.79 Å². The Morgan fingerprint density at radius 2 is 1.70 bits per heavy atom. The fourth-order valence-corrected chi connectivity index (χ4v) is 3.38. The predicted molar refractivity (Wildman–Crippen MR) is 111 cm³/mol. The molecule has 1 aliphatic rings. The third kappa shape index (κ3) is 7.12. The van der Waals surface area contributed by atoms with Gasteiger partial charge in [-0.1, -0.05) is 43.1 Å². The zero-order chi connectivity index (χ0) is 19.5. The Kier molecular flexibility index (Phi) is 8.96. The van der Waals surface area contributed by atoms with Gasteiger partial charge >= 0.3 is 0 Å². The van der Waals surface area contributed by atoms with Gasteiger partial charge in [0.15, 0.2) is 0 Å². The standard InChI is InChI=1S/C23H33NO3/c1-18-13-11-9-7-5-3-4-6-8-10-12-14-22(25)24-20-15-16-21(27-2)19(17-18)23(20)26/h8,10,13,15-16,26H,3-7,9,11-12,14,17H2,1-2H3,(H,24,25)/b10-8+,18-13+. The number of ether oxygens (including phenoxy) is 1. The van der Waals surface area contributed by atoms with E-state index in [1.54, 1.807) is 19.2 Å². The van der Waals surface area contributed by atoms with Gasteiger partial charge in [-0.15, -0.1) is 0 Å². The average molecular weight is 372 g/mol. The van der Waals surface area contributed by atoms with Crippen LogP contribution in [-0.2, 0) is 11.2 Å². The minimum absolute atomic E-state index is 0.0868. The zero-order valence-electron chi connectivity index (χ0n) is 16.7. The summed E-state index contributed by atoms with van der Waals surface area (Å²) in [5.41, 5.74) is 2.38. The Hall–Kier alpha value is -2.23. The molecule has 4 heteroatoms. The van der Waals surface area contributed by atoms with E-state index >= 15 is 0 Å². The summed E-state index contributed by atoms with van der Waals surface area (Å²) in [5, 5.41) is 13.5. The first-order chi connectivity index (χ1) is 13.1. The lowest BCUT2D eigenvalue weighted by Gasteiger charge is -2.15. The Balaban J connectivity index is 2.19. The highest BCUT2D eigenvalue weighted by Crippen LogP contribution is 2.36. The van der Waals surface area contributed by atoms with Crippen LogP contribution in [0.2, 0.25) is 0 Å². The summed E-state index contributed by atoms with van der Waals surface area (Å²) in [6.07, 6.45) is 16.6. The lowest BCUT2D eigenvalue weighted by Crippen LogP contribution is -2.11. The van der Waals surface area contributed by atoms with Crippen molar-refractivity contribution >= 4 is 11.6 Å². The van der Waals surface area contributed by atoms with E-state index in [1.165, 1.54) is 37.7 Å². The number of aromatic hydroxyl groups is 1. The monoisotopic (exact) mass is 371 g/mol. The average Bonchev–Trinajstić information content (AvgIpc) is 2.65. The molecule has 0 aliphatic carbocycles. The second-order valence-corrected chi connectivity index (χ2v) is 7.27. The van der Waals surface area contributed by atoms with Crippen molar-refractivity contribution in [2.24, 2.45) is 0 Å². The second-order valence-electron chi connectivity index (χ2n) is 7.27. The molecule has 1 aliphatic heterocycles. The number of fused-ring (bicyclic) bond motifs is 2. The number of methoxy groups -OCH3 is 1. The first kappa shape index (κ1) is 21.1. The summed E-state index contributed by atoms with van der Waals surface area (Å²) in [7, 11) is 1.60. The van der Waals surface area contributed by atoms with E-state index < -0.39 is 0 Å². The Bertz CT molecular complexity index is 676. The van der Waals surface area contributed by atoms with Gasteiger partial charge in [0.2, 0.25) is 5.91 Å². The smallest absolute Gasteiger partial charge is 0.224 e. The van der Waals surface area contributed by atoms with Gasteiger partial charge in [0.05, 0.1) is 12.8 Å². The number of carbonyl (C=O) groups is 1. The minimum atomic E-state index is -0.0868. The van der Waals surface area contributed by atoms with Crippen molar-refractivity contribution in [1.29, 1.82) is 0 Å². The lowest BCUT2D eigenvalue weighted by molar-refractivity contribution is -0.116. The van der Waals surface area contributed by atoms with Gasteiger partial charge in [0, 0.05) is 18.4 Å². The minimum Gasteiger partial charge on any atom is -0.505 e. The molecule has 0 spiro atoms. The summed E-state index contributed by atoms with van der Waals surface area (Å²) in [6, 6.07) is 3.51. The molecule has 1 aromatic carbocycles. The van der Waals surface area contributed by atoms with Crippen molar-refractivity contribution < 1.29 is 14.6 Å². The Morgan fingerprint density at radius 3 is 2.48 bits per heavy atom. The number of carbonyl (C=O) groups excluding carboxylic acids is 1. The topological polar surface area (TPSA) is 58.6 Å². The number of phenolic OH excluding ortho intramolecular Hbond substituents is 1. The predicted octanol–water partition coefficient (Wildman–Crippen LogP) is 5.91. The molecule has 0 aromatic heterocycles. The van der Waals surface area contributed by atoms with Crippen LogP contribution < -0.4 is 10.1 Å². The normalized spacial score (nSPS) is 21.0. The van der Waals surface area contributed by atoms with Gasteiger partial charge in [-0.2, -0.15) is 0 Å². The van der Waals surface area contributed by atoms with E-state index in [9.17, 15) is 9.90 Å². The van der Waals surface area contributed by atoms with Crippen molar-refractivity contribution in [3.63, 3.8) is 0 Å². The van der Waals surface area contributed by atoms with Gasteiger partial charge in [0.25, 0.3) is 0 Å². The number of rotatable bonds is 1. The molecule has 0 saturated heterocycles. The van der Waals surface area contributed by atoms with Gasteiger partial charge in [-0.25, -0.2) is 0 Å². The van der Waals surface area contributed by atoms with Crippen molar-refractivity contribution in [1.82, 2.24) is 0 Å². The third-order valence-corrected chi connectivity index (χ3v) is 4.96. The number of hydrogen-bond acceptors (Lipinski definition) is 3. The van der Waals surface area contributed by atoms with Crippen LogP contribution in [0.15, 0.2) is 35.9 Å². The van der Waals surface area contributed by atoms with Crippen LogP contribution in [0.5, 0.6) is 11.5 Å². The van der Waals surface area contributed by atoms with E-state index in [0.717, 1.165) is 24.8 Å². The van der Waals surface area contributed by atoms with Crippen LogP contribution in [0, 0.1) is 0 Å². The Labute approximate surface area is 163 Å². The summed E-state index contributed by atoms with van der Waals surface area (Å²) >= 11 is 0. The zero-order valence-corrected chi connectivity index (χ0v) is 16.7. The molecule has 2 bridgehead atoms. The second kappa shape index (κ2) is 11.5. The van der Waals surface area contributed by atoms with E-state index in [1.807, 2.05) is 0 Å². The number of hydrogen-bond donors (Lipinski definition) is 2. The summed E-state index contributed by atoms with van der Waals surface area (Å²) < 4.78 is 5.42. The van der Waals surface area contributed by atoms with Crippen LogP contribution in [0.3, 0.4) is 0 Å². The molecule has 1 aromatic rings. The number of amides is 1. The fraction of sp³-hybridized carbons (Fsp3) is 0.522. The van der Waals surface area contributed by atoms with Crippen LogP contribution in [0.1, 0.15) is 70.3 Å². The maximum Gasteiger partial charge on any atom is 0.224 e. The van der Waals surface area contributed by atoms with Gasteiger partial charge in [-0.05, 0) is 51.2 Å². The number of phenols is 1. The quantitative estimate of drug-likeness (QED) is 0.477. The largest absolute Gasteiger partial charge is 0.505 e. The molecule has 1 heterocycles. The van der Waals surface area contributed by atoms with Crippen molar-refractivity contribution in [3.05, 3.63) is 41.5 Å². The third-order valence-electron chi connectivity index (χ3n) is 4.96. The van der Waals surface area contributed by atoms with Gasteiger partial charge < -0.3 is 15.2 Å². The number of benzene rings is 1. The van der Waals surface area contributed by atoms with Crippen LogP contribution >= 0.6 is 0 Å². The molecule has 0 radical (unpaired) electrons. The molecule has 0 atom stereocenters. The van der Waals surface area contributed by atoms with Crippen LogP contribution in [-0.4, -0.2) is 18.1 Å². The molecular formula is C23H33NO3. The SMILES string of the molecule is COc1ccc2c(O)c1C/C(C)=C/CCCCCCC/C=C/CCC(=O)N2. The molecule has 0 saturated carbocycles. The lowest BCUT2D eigenvalue weighted by atomic mass is 10.0. The molecule has 0 unspecified atom stereocenters. The van der Waals surface area contributed by atoms with E-state index in [0.29, 0.717) is 24.3 Å². The molecule has 0 fully saturated rings. The summed E-state index contributed by atoms with van der Waals surface area (Å²) in [5.74, 6) is 0.659. The number of anilines is 1. The van der Waals surface area contributed by atoms with Crippen molar-refractivity contribution in [3.8, 4) is 11.5 Å². The number of allylic oxidation sites excluding steroid dienone is 4. The molecular weight excluding hydrogens is 338 g/mol. The molecule has 4 nitrogen and oxygen atoms in total. The highest BCUT2D eigenvalue weighted by atomic mass is 16.5. The number of nitrogens with one attached hydrogen (secondary N) is 1. The van der Waals surface area contributed by atoms with Gasteiger partial charge in [0.1, 0.15) is 11.5 Å². The molecule has 1 amide bonds. The maximum absolute atomic E-state index is 12.2. The van der Waals surface area contributed by atoms with Crippen LogP contribution in [0.4, 0.5) is 5.69 Å². The first-order valence-corrected chi connectivity index (χ1v) is 10.1.